The number of ether oxygens (including phenoxy) is 2. The Morgan fingerprint density at radius 3 is 1.77 bits per heavy atom. The molecule has 0 heterocycles. The van der Waals surface area contributed by atoms with Gasteiger partial charge in [-0.15, -0.1) is 0 Å². The topological polar surface area (TPSA) is 154 Å². The second-order valence-electron chi connectivity index (χ2n) is 5.23. The van der Waals surface area contributed by atoms with Gasteiger partial charge < -0.3 is 35.0 Å². The Kier molecular flexibility index (Phi) is 5.41. The van der Waals surface area contributed by atoms with Gasteiger partial charge in [0, 0.05) is 0 Å². The smallest absolute Gasteiger partial charge is 0.344 e. The zero-order valence-electron chi connectivity index (χ0n) is 13.6. The van der Waals surface area contributed by atoms with Crippen LogP contribution in [0.3, 0.4) is 0 Å². The summed E-state index contributed by atoms with van der Waals surface area (Å²) in [4.78, 5) is 23.8. The fourth-order valence-electron chi connectivity index (χ4n) is 1.97. The third kappa shape index (κ3) is 3.89. The summed E-state index contributed by atoms with van der Waals surface area (Å²) in [6.07, 6.45) is 0.589. The minimum Gasteiger partial charge on any atom is -0.504 e. The number of esters is 2. The highest BCUT2D eigenvalue weighted by atomic mass is 16.5. The Morgan fingerprint density at radius 1 is 0.808 bits per heavy atom. The molecule has 0 unspecified atom stereocenters. The van der Waals surface area contributed by atoms with E-state index in [1.165, 1.54) is 0 Å². The van der Waals surface area contributed by atoms with Crippen molar-refractivity contribution in [1.29, 1.82) is 0 Å². The van der Waals surface area contributed by atoms with Crippen molar-refractivity contribution < 1.29 is 44.6 Å². The van der Waals surface area contributed by atoms with Crippen molar-refractivity contribution in [2.45, 2.75) is 13.3 Å². The molecule has 0 aliphatic heterocycles. The molecule has 9 nitrogen and oxygen atoms in total. The quantitative estimate of drug-likeness (QED) is 0.304. The molecule has 26 heavy (non-hydrogen) atoms. The summed E-state index contributed by atoms with van der Waals surface area (Å²) in [6, 6.07) is 3.54. The number of rotatable bonds is 5. The number of benzene rings is 2. The lowest BCUT2D eigenvalue weighted by Crippen LogP contribution is -2.10. The number of carbonyl (C=O) groups excluding carboxylic acids is 2. The average Bonchev–Trinajstić information content (AvgIpc) is 2.59. The molecule has 9 heteroatoms. The Labute approximate surface area is 147 Å². The van der Waals surface area contributed by atoms with E-state index in [9.17, 15) is 35.1 Å². The largest absolute Gasteiger partial charge is 0.504 e. The average molecular weight is 364 g/mol. The molecule has 5 N–H and O–H groups in total. The maximum Gasteiger partial charge on any atom is 0.344 e. The fourth-order valence-corrected chi connectivity index (χ4v) is 1.97. The maximum absolute atomic E-state index is 12.1. The molecule has 2 rings (SSSR count). The molecule has 138 valence electrons. The predicted molar refractivity (Wildman–Crippen MR) is 86.7 cm³/mol. The molecule has 0 saturated heterocycles. The number of hydrogen-bond donors (Lipinski definition) is 5. The third-order valence-corrected chi connectivity index (χ3v) is 3.22. The van der Waals surface area contributed by atoms with Crippen LogP contribution in [0.5, 0.6) is 34.5 Å². The van der Waals surface area contributed by atoms with E-state index in [-0.39, 0.29) is 17.7 Å². The summed E-state index contributed by atoms with van der Waals surface area (Å²) in [5, 5.41) is 47.9. The second-order valence-corrected chi connectivity index (χ2v) is 5.23. The first kappa shape index (κ1) is 18.7. The SMILES string of the molecule is CCCOC(=O)c1cc(O)c(OC(=O)c2cc(O)c(O)c(O)c2)c(O)c1. The molecule has 0 saturated carbocycles. The Bertz CT molecular complexity index is 811. The zero-order valence-corrected chi connectivity index (χ0v) is 13.6. The molecule has 2 aromatic carbocycles. The van der Waals surface area contributed by atoms with Crippen molar-refractivity contribution in [2.75, 3.05) is 6.61 Å². The van der Waals surface area contributed by atoms with Gasteiger partial charge in [-0.1, -0.05) is 6.92 Å². The lowest BCUT2D eigenvalue weighted by atomic mass is 10.1. The van der Waals surface area contributed by atoms with E-state index in [4.69, 9.17) is 9.47 Å². The highest BCUT2D eigenvalue weighted by Crippen LogP contribution is 2.39. The molecule has 0 spiro atoms. The normalized spacial score (nSPS) is 10.3. The van der Waals surface area contributed by atoms with Crippen LogP contribution in [0.4, 0.5) is 0 Å². The molecule has 0 aliphatic carbocycles. The molecular weight excluding hydrogens is 348 g/mol. The van der Waals surface area contributed by atoms with E-state index in [0.717, 1.165) is 24.3 Å². The van der Waals surface area contributed by atoms with Gasteiger partial charge in [0.25, 0.3) is 0 Å². The highest BCUT2D eigenvalue weighted by molar-refractivity contribution is 5.94. The van der Waals surface area contributed by atoms with Gasteiger partial charge in [0.05, 0.1) is 17.7 Å². The van der Waals surface area contributed by atoms with E-state index in [0.29, 0.717) is 6.42 Å². The lowest BCUT2D eigenvalue weighted by molar-refractivity contribution is 0.0504. The van der Waals surface area contributed by atoms with Gasteiger partial charge in [-0.25, -0.2) is 9.59 Å². The van der Waals surface area contributed by atoms with Crippen molar-refractivity contribution in [2.24, 2.45) is 0 Å². The summed E-state index contributed by atoms with van der Waals surface area (Å²) in [6.45, 7) is 1.95. The van der Waals surface area contributed by atoms with Gasteiger partial charge in [0.2, 0.25) is 5.75 Å². The molecule has 0 bridgehead atoms. The van der Waals surface area contributed by atoms with Crippen LogP contribution >= 0.6 is 0 Å². The molecule has 0 amide bonds. The van der Waals surface area contributed by atoms with Crippen LogP contribution in [0.15, 0.2) is 24.3 Å². The summed E-state index contributed by atoms with van der Waals surface area (Å²) in [5.41, 5.74) is -0.504. The molecule has 0 aromatic heterocycles. The maximum atomic E-state index is 12.1. The number of carbonyl (C=O) groups is 2. The summed E-state index contributed by atoms with van der Waals surface area (Å²) >= 11 is 0. The highest BCUT2D eigenvalue weighted by Gasteiger charge is 2.21. The van der Waals surface area contributed by atoms with E-state index >= 15 is 0 Å². The first-order valence-corrected chi connectivity index (χ1v) is 7.44. The van der Waals surface area contributed by atoms with Crippen molar-refractivity contribution in [3.8, 4) is 34.5 Å². The minimum absolute atomic E-state index is 0.145. The zero-order chi connectivity index (χ0) is 19.4. The van der Waals surface area contributed by atoms with Crippen molar-refractivity contribution >= 4 is 11.9 Å². The Balaban J connectivity index is 2.27. The van der Waals surface area contributed by atoms with E-state index in [1.807, 2.05) is 0 Å². The van der Waals surface area contributed by atoms with Gasteiger partial charge in [-0.05, 0) is 30.7 Å². The van der Waals surface area contributed by atoms with Gasteiger partial charge in [-0.2, -0.15) is 0 Å². The Hall–Kier alpha value is -3.62. The molecule has 0 radical (unpaired) electrons. The molecular formula is C17H16O9. The van der Waals surface area contributed by atoms with E-state index < -0.39 is 46.4 Å². The van der Waals surface area contributed by atoms with E-state index in [1.54, 1.807) is 6.92 Å². The van der Waals surface area contributed by atoms with Gasteiger partial charge in [0.1, 0.15) is 0 Å². The van der Waals surface area contributed by atoms with E-state index in [2.05, 4.69) is 0 Å². The summed E-state index contributed by atoms with van der Waals surface area (Å²) < 4.78 is 9.70. The molecule has 2 aromatic rings. The fraction of sp³-hybridized carbons (Fsp3) is 0.176. The van der Waals surface area contributed by atoms with Crippen molar-refractivity contribution in [1.82, 2.24) is 0 Å². The third-order valence-electron chi connectivity index (χ3n) is 3.22. The molecule has 0 atom stereocenters. The van der Waals surface area contributed by atoms with Crippen LogP contribution in [0.1, 0.15) is 34.1 Å². The number of phenols is 5. The van der Waals surface area contributed by atoms with Gasteiger partial charge in [-0.3, -0.25) is 0 Å². The lowest BCUT2D eigenvalue weighted by Gasteiger charge is -2.11. The van der Waals surface area contributed by atoms with Crippen LogP contribution < -0.4 is 4.74 Å². The predicted octanol–water partition coefficient (Wildman–Crippen LogP) is 2.00. The standard InChI is InChI=1S/C17H16O9/c1-2-3-25-16(23)8-6-12(20)15(13(21)7-8)26-17(24)9-4-10(18)14(22)11(19)5-9/h4-7,18-22H,2-3H2,1H3. The van der Waals surface area contributed by atoms with Crippen LogP contribution in [-0.2, 0) is 4.74 Å². The van der Waals surface area contributed by atoms with Crippen LogP contribution in [-0.4, -0.2) is 44.1 Å². The first-order chi connectivity index (χ1) is 12.2. The summed E-state index contributed by atoms with van der Waals surface area (Å²) in [7, 11) is 0. The van der Waals surface area contributed by atoms with Gasteiger partial charge >= 0.3 is 11.9 Å². The molecule has 0 fully saturated rings. The number of aromatic hydroxyl groups is 5. The van der Waals surface area contributed by atoms with Crippen molar-refractivity contribution in [3.05, 3.63) is 35.4 Å². The number of hydrogen-bond acceptors (Lipinski definition) is 9. The van der Waals surface area contributed by atoms with Crippen LogP contribution in [0, 0.1) is 0 Å². The van der Waals surface area contributed by atoms with Crippen molar-refractivity contribution in [3.63, 3.8) is 0 Å². The molecule has 0 aliphatic rings. The number of phenolic OH excluding ortho intramolecular Hbond substituents is 5. The van der Waals surface area contributed by atoms with Crippen LogP contribution in [0.2, 0.25) is 0 Å². The minimum atomic E-state index is -1.15. The second kappa shape index (κ2) is 7.51. The first-order valence-electron chi connectivity index (χ1n) is 7.44. The van der Waals surface area contributed by atoms with Crippen LogP contribution in [0.25, 0.3) is 0 Å². The monoisotopic (exact) mass is 364 g/mol. The Morgan fingerprint density at radius 2 is 1.27 bits per heavy atom. The van der Waals surface area contributed by atoms with Gasteiger partial charge in [0.15, 0.2) is 28.7 Å². The summed E-state index contributed by atoms with van der Waals surface area (Å²) in [5.74, 6) is -6.30.